The molecule has 3 N–H and O–H groups in total. The first-order valence-corrected chi connectivity index (χ1v) is 16.4. The standard InChI is InChI=1S/C34H39N5O4S/c1-5-42-31(41)16-26(25-8-9-27-32(19(25)2)36-37-38(27)4)23-14-22-12-13-44-34(22)24(15-23)17-39-18-29(21-6-7-21)43-28-10-11-30(40)35-33(28)20(39)3/h8-15,20-21,26,29,36-37H,5-7,16-18H2,1-4H3,(H,35,40)/t20?,26-,29+/m1/s1. The number of pyridine rings is 1. The lowest BCUT2D eigenvalue weighted by Gasteiger charge is -2.29. The second kappa shape index (κ2) is 11.6. The zero-order chi connectivity index (χ0) is 30.5. The molecule has 44 heavy (non-hydrogen) atoms. The lowest BCUT2D eigenvalue weighted by molar-refractivity contribution is -0.143. The van der Waals surface area contributed by atoms with Gasteiger partial charge in [0, 0.05) is 36.8 Å². The van der Waals surface area contributed by atoms with E-state index in [1.807, 2.05) is 25.0 Å². The van der Waals surface area contributed by atoms with E-state index in [-0.39, 0.29) is 36.0 Å². The number of aromatic amines is 1. The number of hydrogen-bond acceptors (Lipinski definition) is 9. The van der Waals surface area contributed by atoms with Crippen molar-refractivity contribution >= 4 is 38.8 Å². The van der Waals surface area contributed by atoms with Crippen LogP contribution in [-0.2, 0) is 16.1 Å². The highest BCUT2D eigenvalue weighted by Crippen LogP contribution is 2.43. The van der Waals surface area contributed by atoms with E-state index >= 15 is 0 Å². The number of anilines is 2. The van der Waals surface area contributed by atoms with Crippen LogP contribution in [0.25, 0.3) is 10.1 Å². The van der Waals surface area contributed by atoms with E-state index < -0.39 is 0 Å². The fraction of sp³-hybridized carbons (Fsp3) is 0.412. The summed E-state index contributed by atoms with van der Waals surface area (Å²) in [5.74, 6) is 0.923. The molecule has 0 spiro atoms. The Kier molecular flexibility index (Phi) is 7.60. The third-order valence-electron chi connectivity index (χ3n) is 9.39. The Balaban J connectivity index is 1.30. The molecule has 0 radical (unpaired) electrons. The Morgan fingerprint density at radius 2 is 2.02 bits per heavy atom. The number of rotatable bonds is 8. The summed E-state index contributed by atoms with van der Waals surface area (Å²) in [6.45, 7) is 7.93. The summed E-state index contributed by atoms with van der Waals surface area (Å²) in [5.41, 5.74) is 13.8. The fourth-order valence-electron chi connectivity index (χ4n) is 6.82. The van der Waals surface area contributed by atoms with Crippen molar-refractivity contribution in [3.8, 4) is 5.75 Å². The number of esters is 1. The first-order valence-electron chi connectivity index (χ1n) is 15.5. The summed E-state index contributed by atoms with van der Waals surface area (Å²) in [6.07, 6.45) is 2.67. The summed E-state index contributed by atoms with van der Waals surface area (Å²) in [6, 6.07) is 14.3. The maximum absolute atomic E-state index is 13.0. The molecule has 1 fully saturated rings. The predicted octanol–water partition coefficient (Wildman–Crippen LogP) is 6.00. The maximum atomic E-state index is 13.0. The molecule has 10 heteroatoms. The molecule has 2 aliphatic heterocycles. The number of aromatic nitrogens is 1. The lowest BCUT2D eigenvalue weighted by Crippen LogP contribution is -2.35. The van der Waals surface area contributed by atoms with Crippen molar-refractivity contribution in [1.82, 2.24) is 15.4 Å². The molecule has 1 saturated carbocycles. The van der Waals surface area contributed by atoms with Crippen molar-refractivity contribution in [2.75, 3.05) is 30.6 Å². The Morgan fingerprint density at radius 3 is 2.82 bits per heavy atom. The van der Waals surface area contributed by atoms with Crippen LogP contribution >= 0.6 is 11.3 Å². The minimum absolute atomic E-state index is 0.0360. The van der Waals surface area contributed by atoms with Crippen LogP contribution in [0.2, 0.25) is 0 Å². The van der Waals surface area contributed by atoms with Gasteiger partial charge in [-0.15, -0.1) is 16.9 Å². The normalized spacial score (nSPS) is 20.4. The number of thiophene rings is 1. The highest BCUT2D eigenvalue weighted by Gasteiger charge is 2.39. The van der Waals surface area contributed by atoms with E-state index in [9.17, 15) is 9.59 Å². The summed E-state index contributed by atoms with van der Waals surface area (Å²) in [5, 5.41) is 5.26. The number of benzene rings is 2. The smallest absolute Gasteiger partial charge is 0.306 e. The van der Waals surface area contributed by atoms with E-state index in [4.69, 9.17) is 9.47 Å². The van der Waals surface area contributed by atoms with E-state index in [2.05, 4.69) is 70.4 Å². The number of carbonyl (C=O) groups excluding carboxylic acids is 1. The highest BCUT2D eigenvalue weighted by molar-refractivity contribution is 7.17. The molecule has 230 valence electrons. The van der Waals surface area contributed by atoms with Gasteiger partial charge in [0.25, 0.3) is 0 Å². The minimum Gasteiger partial charge on any atom is -0.487 e. The highest BCUT2D eigenvalue weighted by atomic mass is 32.1. The molecule has 1 unspecified atom stereocenters. The Bertz CT molecular complexity index is 1780. The first kappa shape index (κ1) is 28.9. The quantitative estimate of drug-likeness (QED) is 0.208. The molecule has 0 amide bonds. The zero-order valence-electron chi connectivity index (χ0n) is 25.6. The molecule has 4 heterocycles. The number of hydrazine groups is 2. The van der Waals surface area contributed by atoms with Crippen LogP contribution < -0.4 is 26.3 Å². The SMILES string of the molecule is CCOC(=O)C[C@H](c1cc(CN2C[C@@H](C3CC3)Oc3ccc(=O)[nH]c3C2C)c2sccc2c1)c1ccc2c(c1C)NNN2C. The zero-order valence-corrected chi connectivity index (χ0v) is 26.4. The summed E-state index contributed by atoms with van der Waals surface area (Å²) in [4.78, 5) is 30.9. The summed E-state index contributed by atoms with van der Waals surface area (Å²) >= 11 is 1.74. The van der Waals surface area contributed by atoms with Gasteiger partial charge >= 0.3 is 5.97 Å². The van der Waals surface area contributed by atoms with E-state index in [1.165, 1.54) is 28.5 Å². The third-order valence-corrected chi connectivity index (χ3v) is 10.4. The Labute approximate surface area is 261 Å². The van der Waals surface area contributed by atoms with Crippen LogP contribution in [0, 0.1) is 12.8 Å². The fourth-order valence-corrected chi connectivity index (χ4v) is 7.71. The van der Waals surface area contributed by atoms with Crippen molar-refractivity contribution in [2.45, 2.75) is 64.6 Å². The van der Waals surface area contributed by atoms with Gasteiger partial charge in [0.05, 0.1) is 36.1 Å². The van der Waals surface area contributed by atoms with Crippen LogP contribution in [0.5, 0.6) is 5.75 Å². The second-order valence-corrected chi connectivity index (χ2v) is 13.2. The maximum Gasteiger partial charge on any atom is 0.306 e. The molecule has 2 aromatic carbocycles. The average Bonchev–Trinajstić information content (AvgIpc) is 3.65. The second-order valence-electron chi connectivity index (χ2n) is 12.3. The number of carbonyl (C=O) groups is 1. The van der Waals surface area contributed by atoms with Gasteiger partial charge in [0.1, 0.15) is 11.9 Å². The van der Waals surface area contributed by atoms with Gasteiger partial charge in [-0.1, -0.05) is 12.1 Å². The van der Waals surface area contributed by atoms with E-state index in [0.717, 1.165) is 46.1 Å². The topological polar surface area (TPSA) is 98.9 Å². The molecule has 7 rings (SSSR count). The largest absolute Gasteiger partial charge is 0.487 e. The van der Waals surface area contributed by atoms with Gasteiger partial charge in [-0.25, -0.2) is 0 Å². The van der Waals surface area contributed by atoms with Crippen LogP contribution in [0.3, 0.4) is 0 Å². The van der Waals surface area contributed by atoms with Crippen molar-refractivity contribution in [3.05, 3.63) is 86.1 Å². The van der Waals surface area contributed by atoms with Gasteiger partial charge in [-0.3, -0.25) is 19.5 Å². The minimum atomic E-state index is -0.210. The van der Waals surface area contributed by atoms with Crippen molar-refractivity contribution < 1.29 is 14.3 Å². The summed E-state index contributed by atoms with van der Waals surface area (Å²) < 4.78 is 13.2. The number of H-pyrrole nitrogens is 1. The molecule has 0 bridgehead atoms. The average molecular weight is 614 g/mol. The van der Waals surface area contributed by atoms with Gasteiger partial charge in [0.2, 0.25) is 5.56 Å². The molecule has 3 atom stereocenters. The van der Waals surface area contributed by atoms with Crippen LogP contribution in [0.15, 0.2) is 52.6 Å². The number of hydrogen-bond donors (Lipinski definition) is 3. The predicted molar refractivity (Wildman–Crippen MR) is 174 cm³/mol. The lowest BCUT2D eigenvalue weighted by atomic mass is 9.84. The molecule has 4 aromatic rings. The molecule has 2 aromatic heterocycles. The van der Waals surface area contributed by atoms with Gasteiger partial charge in [-0.05, 0) is 96.8 Å². The number of fused-ring (bicyclic) bond motifs is 3. The monoisotopic (exact) mass is 613 g/mol. The molecule has 3 aliphatic rings. The molecule has 0 saturated heterocycles. The van der Waals surface area contributed by atoms with Crippen LogP contribution in [0.1, 0.15) is 73.0 Å². The Morgan fingerprint density at radius 1 is 1.18 bits per heavy atom. The van der Waals surface area contributed by atoms with Crippen LogP contribution in [0.4, 0.5) is 11.4 Å². The van der Waals surface area contributed by atoms with Gasteiger partial charge in [0.15, 0.2) is 0 Å². The number of ether oxygens (including phenoxy) is 2. The first-order chi connectivity index (χ1) is 21.3. The third kappa shape index (κ3) is 5.35. The summed E-state index contributed by atoms with van der Waals surface area (Å²) in [7, 11) is 1.97. The molecular formula is C34H39N5O4S. The van der Waals surface area contributed by atoms with Crippen molar-refractivity contribution in [2.24, 2.45) is 5.92 Å². The van der Waals surface area contributed by atoms with Gasteiger partial charge < -0.3 is 19.9 Å². The number of nitrogens with one attached hydrogen (secondary N) is 3. The molecule has 1 aliphatic carbocycles. The van der Waals surface area contributed by atoms with Crippen LogP contribution in [-0.4, -0.2) is 42.2 Å². The van der Waals surface area contributed by atoms with E-state index in [0.29, 0.717) is 19.1 Å². The van der Waals surface area contributed by atoms with Gasteiger partial charge in [-0.2, -0.15) is 0 Å². The molecular weight excluding hydrogens is 574 g/mol. The van der Waals surface area contributed by atoms with Crippen molar-refractivity contribution in [3.63, 3.8) is 0 Å². The van der Waals surface area contributed by atoms with Crippen molar-refractivity contribution in [1.29, 1.82) is 0 Å². The molecule has 9 nitrogen and oxygen atoms in total. The Hall–Kier alpha value is -3.86. The number of nitrogens with zero attached hydrogens (tertiary/aromatic N) is 2. The van der Waals surface area contributed by atoms with E-state index in [1.54, 1.807) is 17.4 Å².